The Kier molecular flexibility index (Phi) is 7.25. The lowest BCUT2D eigenvalue weighted by atomic mass is 10.1. The van der Waals surface area contributed by atoms with Gasteiger partial charge in [-0.1, -0.05) is 42.7 Å². The topological polar surface area (TPSA) is 75.3 Å². The van der Waals surface area contributed by atoms with Crippen molar-refractivity contribution in [2.24, 2.45) is 4.99 Å². The van der Waals surface area contributed by atoms with Crippen molar-refractivity contribution >= 4 is 17.6 Å². The van der Waals surface area contributed by atoms with Gasteiger partial charge in [0.2, 0.25) is 5.89 Å². The van der Waals surface area contributed by atoms with Crippen LogP contribution in [0.1, 0.15) is 56.9 Å². The number of halogens is 1. The third kappa shape index (κ3) is 6.05. The second-order valence-corrected chi connectivity index (χ2v) is 6.57. The first kappa shape index (κ1) is 19.2. The van der Waals surface area contributed by atoms with Crippen LogP contribution in [0.5, 0.6) is 0 Å². The van der Waals surface area contributed by atoms with Gasteiger partial charge in [-0.2, -0.15) is 4.98 Å². The van der Waals surface area contributed by atoms with Crippen molar-refractivity contribution in [2.45, 2.75) is 46.1 Å². The number of nitrogens with one attached hydrogen (secondary N) is 2. The average Bonchev–Trinajstić information content (AvgIpc) is 3.04. The Morgan fingerprint density at radius 1 is 1.32 bits per heavy atom. The Morgan fingerprint density at radius 3 is 2.76 bits per heavy atom. The van der Waals surface area contributed by atoms with Gasteiger partial charge in [0.25, 0.3) is 0 Å². The van der Waals surface area contributed by atoms with Crippen LogP contribution in [0.4, 0.5) is 0 Å². The van der Waals surface area contributed by atoms with Crippen LogP contribution >= 0.6 is 11.6 Å². The molecule has 7 heteroatoms. The predicted molar refractivity (Wildman–Crippen MR) is 101 cm³/mol. The number of guanidine groups is 1. The number of aliphatic imine (C=N–C) groups is 1. The van der Waals surface area contributed by atoms with Gasteiger partial charge in [0.15, 0.2) is 11.8 Å². The van der Waals surface area contributed by atoms with Crippen molar-refractivity contribution in [2.75, 3.05) is 13.1 Å². The van der Waals surface area contributed by atoms with Crippen LogP contribution in [-0.4, -0.2) is 29.2 Å². The molecule has 0 fully saturated rings. The van der Waals surface area contributed by atoms with Crippen molar-refractivity contribution < 1.29 is 4.52 Å². The molecule has 1 unspecified atom stereocenters. The maximum Gasteiger partial charge on any atom is 0.228 e. The molecule has 0 spiro atoms. The molecule has 0 aliphatic rings. The van der Waals surface area contributed by atoms with Gasteiger partial charge in [-0.05, 0) is 31.5 Å². The molecule has 1 aromatic heterocycles. The molecular weight excluding hydrogens is 338 g/mol. The number of hydrogen-bond acceptors (Lipinski definition) is 4. The zero-order valence-electron chi connectivity index (χ0n) is 15.2. The van der Waals surface area contributed by atoms with Crippen molar-refractivity contribution in [3.8, 4) is 0 Å². The van der Waals surface area contributed by atoms with E-state index in [9.17, 15) is 0 Å². The van der Waals surface area contributed by atoms with E-state index in [1.165, 1.54) is 0 Å². The minimum Gasteiger partial charge on any atom is -0.357 e. The van der Waals surface area contributed by atoms with E-state index in [1.807, 2.05) is 45.0 Å². The fourth-order valence-electron chi connectivity index (χ4n) is 2.25. The zero-order chi connectivity index (χ0) is 18.2. The lowest BCUT2D eigenvalue weighted by Crippen LogP contribution is -2.38. The third-order valence-electron chi connectivity index (χ3n) is 3.64. The minimum atomic E-state index is 0.0902. The second-order valence-electron chi connectivity index (χ2n) is 6.13. The first-order valence-corrected chi connectivity index (χ1v) is 9.00. The first-order chi connectivity index (χ1) is 12.0. The van der Waals surface area contributed by atoms with Gasteiger partial charge < -0.3 is 15.2 Å². The monoisotopic (exact) mass is 363 g/mol. The van der Waals surface area contributed by atoms with Gasteiger partial charge >= 0.3 is 0 Å². The third-order valence-corrected chi connectivity index (χ3v) is 3.88. The summed E-state index contributed by atoms with van der Waals surface area (Å²) in [5, 5.41) is 11.3. The van der Waals surface area contributed by atoms with E-state index in [2.05, 4.69) is 32.7 Å². The molecule has 0 saturated heterocycles. The molecule has 0 aliphatic heterocycles. The van der Waals surface area contributed by atoms with E-state index in [4.69, 9.17) is 16.1 Å². The zero-order valence-corrected chi connectivity index (χ0v) is 16.0. The number of benzene rings is 1. The summed E-state index contributed by atoms with van der Waals surface area (Å²) >= 11 is 6.07. The van der Waals surface area contributed by atoms with E-state index in [0.717, 1.165) is 28.9 Å². The normalized spacial score (nSPS) is 13.1. The predicted octanol–water partition coefficient (Wildman–Crippen LogP) is 3.71. The van der Waals surface area contributed by atoms with Crippen molar-refractivity contribution in [1.82, 2.24) is 20.8 Å². The highest BCUT2D eigenvalue weighted by Gasteiger charge is 2.10. The summed E-state index contributed by atoms with van der Waals surface area (Å²) in [6.45, 7) is 9.54. The first-order valence-electron chi connectivity index (χ1n) is 8.62. The van der Waals surface area contributed by atoms with Crippen molar-refractivity contribution in [1.29, 1.82) is 0 Å². The molecule has 0 aliphatic carbocycles. The molecule has 136 valence electrons. The summed E-state index contributed by atoms with van der Waals surface area (Å²) in [6.07, 6.45) is 0.613. The van der Waals surface area contributed by atoms with Crippen LogP contribution < -0.4 is 10.6 Å². The van der Waals surface area contributed by atoms with Crippen LogP contribution in [-0.2, 0) is 6.42 Å². The molecule has 0 radical (unpaired) electrons. The Hall–Kier alpha value is -2.08. The van der Waals surface area contributed by atoms with Gasteiger partial charge in [-0.25, -0.2) is 0 Å². The molecule has 25 heavy (non-hydrogen) atoms. The van der Waals surface area contributed by atoms with Crippen LogP contribution in [0.15, 0.2) is 33.8 Å². The maximum atomic E-state index is 6.07. The molecule has 2 rings (SSSR count). The van der Waals surface area contributed by atoms with E-state index >= 15 is 0 Å². The Bertz CT molecular complexity index is 698. The van der Waals surface area contributed by atoms with Crippen molar-refractivity contribution in [3.63, 3.8) is 0 Å². The standard InChI is InChI=1S/C18H26ClN5O/c1-5-20-18(22-13(4)14-7-6-8-15(19)11-14)21-10-9-16-23-17(12(2)3)24-25-16/h6-8,11-13H,5,9-10H2,1-4H3,(H2,20,21,22). The maximum absolute atomic E-state index is 6.07. The highest BCUT2D eigenvalue weighted by molar-refractivity contribution is 6.30. The SMILES string of the molecule is CCNC(=NCCc1nc(C(C)C)no1)NC(C)c1cccc(Cl)c1. The van der Waals surface area contributed by atoms with Crippen LogP contribution in [0, 0.1) is 0 Å². The number of hydrogen-bond donors (Lipinski definition) is 2. The summed E-state index contributed by atoms with van der Waals surface area (Å²) in [7, 11) is 0. The summed E-state index contributed by atoms with van der Waals surface area (Å²) in [4.78, 5) is 8.95. The fraction of sp³-hybridized carbons (Fsp3) is 0.500. The summed E-state index contributed by atoms with van der Waals surface area (Å²) in [5.74, 6) is 2.36. The van der Waals surface area contributed by atoms with E-state index in [-0.39, 0.29) is 12.0 Å². The minimum absolute atomic E-state index is 0.0902. The average molecular weight is 364 g/mol. The molecule has 2 aromatic rings. The van der Waals surface area contributed by atoms with Crippen LogP contribution in [0.3, 0.4) is 0 Å². The smallest absolute Gasteiger partial charge is 0.228 e. The van der Waals surface area contributed by atoms with Gasteiger partial charge in [0.05, 0.1) is 12.6 Å². The highest BCUT2D eigenvalue weighted by Crippen LogP contribution is 2.17. The van der Waals surface area contributed by atoms with Gasteiger partial charge in [-0.15, -0.1) is 0 Å². The molecule has 1 aromatic carbocycles. The number of nitrogens with zero attached hydrogens (tertiary/aromatic N) is 3. The number of rotatable bonds is 7. The Morgan fingerprint density at radius 2 is 2.12 bits per heavy atom. The molecule has 6 nitrogen and oxygen atoms in total. The van der Waals surface area contributed by atoms with Gasteiger partial charge in [-0.3, -0.25) is 4.99 Å². The summed E-state index contributed by atoms with van der Waals surface area (Å²) in [5.41, 5.74) is 1.11. The van der Waals surface area contributed by atoms with Gasteiger partial charge in [0, 0.05) is 23.9 Å². The van der Waals surface area contributed by atoms with Crippen LogP contribution in [0.25, 0.3) is 0 Å². The lowest BCUT2D eigenvalue weighted by Gasteiger charge is -2.18. The number of aromatic nitrogens is 2. The summed E-state index contributed by atoms with van der Waals surface area (Å²) in [6, 6.07) is 7.90. The van der Waals surface area contributed by atoms with E-state index in [0.29, 0.717) is 18.9 Å². The van der Waals surface area contributed by atoms with Gasteiger partial charge in [0.1, 0.15) is 0 Å². The molecule has 1 atom stereocenters. The molecule has 1 heterocycles. The van der Waals surface area contributed by atoms with Crippen LogP contribution in [0.2, 0.25) is 5.02 Å². The highest BCUT2D eigenvalue weighted by atomic mass is 35.5. The molecule has 0 saturated carbocycles. The fourth-order valence-corrected chi connectivity index (χ4v) is 2.45. The van der Waals surface area contributed by atoms with E-state index < -0.39 is 0 Å². The Labute approximate surface area is 154 Å². The lowest BCUT2D eigenvalue weighted by molar-refractivity contribution is 0.372. The molecular formula is C18H26ClN5O. The molecule has 0 amide bonds. The van der Waals surface area contributed by atoms with E-state index in [1.54, 1.807) is 0 Å². The molecule has 2 N–H and O–H groups in total. The molecule has 0 bridgehead atoms. The van der Waals surface area contributed by atoms with Crippen molar-refractivity contribution in [3.05, 3.63) is 46.6 Å². The summed E-state index contributed by atoms with van der Waals surface area (Å²) < 4.78 is 5.25. The Balaban J connectivity index is 1.95. The quantitative estimate of drug-likeness (QED) is 0.579. The second kappa shape index (κ2) is 9.42. The largest absolute Gasteiger partial charge is 0.357 e.